The summed E-state index contributed by atoms with van der Waals surface area (Å²) in [7, 11) is 3.08. The molecule has 5 aliphatic rings. The number of ether oxygens (including phenoxy) is 2. The summed E-state index contributed by atoms with van der Waals surface area (Å²) >= 11 is 6.28. The van der Waals surface area contributed by atoms with Gasteiger partial charge >= 0.3 is 0 Å². The van der Waals surface area contributed by atoms with E-state index in [4.69, 9.17) is 21.1 Å². The number of amides is 2. The molecule has 1 unspecified atom stereocenters. The number of anilines is 1. The molecule has 4 saturated carbocycles. The quantitative estimate of drug-likeness (QED) is 0.771. The molecule has 6 nitrogen and oxygen atoms in total. The largest absolute Gasteiger partial charge is 0.495 e. The molecule has 6 rings (SSSR count). The van der Waals surface area contributed by atoms with Crippen LogP contribution in [-0.2, 0) is 9.59 Å². The summed E-state index contributed by atoms with van der Waals surface area (Å²) in [5, 5.41) is 3.76. The van der Waals surface area contributed by atoms with Gasteiger partial charge < -0.3 is 19.7 Å². The van der Waals surface area contributed by atoms with E-state index in [1.165, 1.54) is 39.2 Å². The molecule has 1 aromatic rings. The third-order valence-corrected chi connectivity index (χ3v) is 8.07. The zero-order valence-corrected chi connectivity index (χ0v) is 18.3. The third-order valence-electron chi connectivity index (χ3n) is 7.78. The van der Waals surface area contributed by atoms with Crippen molar-refractivity contribution in [2.24, 2.45) is 29.6 Å². The van der Waals surface area contributed by atoms with Crippen LogP contribution in [0.5, 0.6) is 11.5 Å². The van der Waals surface area contributed by atoms with Crippen LogP contribution in [0, 0.1) is 29.6 Å². The lowest BCUT2D eigenvalue weighted by Crippen LogP contribution is -2.56. The molecule has 162 valence electrons. The molecular weight excluding hydrogens is 404 g/mol. The smallest absolute Gasteiger partial charge is 0.227 e. The second-order valence-corrected chi connectivity index (χ2v) is 9.94. The highest BCUT2D eigenvalue weighted by Gasteiger charge is 2.49. The molecule has 5 fully saturated rings. The van der Waals surface area contributed by atoms with E-state index in [0.29, 0.717) is 46.6 Å². The monoisotopic (exact) mass is 432 g/mol. The van der Waals surface area contributed by atoms with E-state index in [-0.39, 0.29) is 24.2 Å². The fraction of sp³-hybridized carbons (Fsp3) is 0.652. The van der Waals surface area contributed by atoms with Crippen molar-refractivity contribution >= 4 is 29.1 Å². The summed E-state index contributed by atoms with van der Waals surface area (Å²) < 4.78 is 10.7. The molecule has 4 aliphatic carbocycles. The number of hydrogen-bond donors (Lipinski definition) is 1. The van der Waals surface area contributed by atoms with Crippen LogP contribution in [0.3, 0.4) is 0 Å². The zero-order chi connectivity index (χ0) is 21.0. The first kappa shape index (κ1) is 20.0. The third kappa shape index (κ3) is 3.33. The molecule has 1 N–H and O–H groups in total. The number of carbonyl (C=O) groups excluding carboxylic acids is 2. The van der Waals surface area contributed by atoms with Crippen molar-refractivity contribution in [2.75, 3.05) is 25.7 Å². The fourth-order valence-corrected chi connectivity index (χ4v) is 6.85. The van der Waals surface area contributed by atoms with E-state index in [1.807, 2.05) is 0 Å². The van der Waals surface area contributed by atoms with Gasteiger partial charge in [-0.15, -0.1) is 0 Å². The molecule has 1 atom stereocenters. The first-order chi connectivity index (χ1) is 14.5. The van der Waals surface area contributed by atoms with Crippen molar-refractivity contribution in [1.29, 1.82) is 0 Å². The predicted octanol–water partition coefficient (Wildman–Crippen LogP) is 3.65. The Balaban J connectivity index is 1.30. The molecule has 1 heterocycles. The lowest BCUT2D eigenvalue weighted by Gasteiger charge is -2.54. The van der Waals surface area contributed by atoms with Crippen molar-refractivity contribution in [3.05, 3.63) is 17.2 Å². The molecule has 0 aromatic heterocycles. The molecule has 30 heavy (non-hydrogen) atoms. The van der Waals surface area contributed by atoms with Crippen molar-refractivity contribution < 1.29 is 19.1 Å². The van der Waals surface area contributed by atoms with Crippen molar-refractivity contribution in [3.8, 4) is 11.5 Å². The van der Waals surface area contributed by atoms with Crippen LogP contribution >= 0.6 is 11.6 Å². The van der Waals surface area contributed by atoms with Crippen molar-refractivity contribution in [3.63, 3.8) is 0 Å². The molecular formula is C23H29ClN2O4. The predicted molar refractivity (Wildman–Crippen MR) is 114 cm³/mol. The molecule has 4 bridgehead atoms. The summed E-state index contributed by atoms with van der Waals surface area (Å²) in [4.78, 5) is 27.5. The standard InChI is InChI=1S/C23H29ClN2O4/c1-29-19-10-20(30-2)18(9-17(19)24)26-11-16(8-21(26)27)23(28)25-22-14-4-12-3-13(6-14)7-15(22)5-12/h9-10,12-16,22H,3-8,11H2,1-2H3,(H,25,28). The molecule has 7 heteroatoms. The summed E-state index contributed by atoms with van der Waals surface area (Å²) in [5.74, 6) is 3.57. The Hall–Kier alpha value is -1.95. The molecule has 2 amide bonds. The summed E-state index contributed by atoms with van der Waals surface area (Å²) in [5.41, 5.74) is 0.582. The molecule has 0 radical (unpaired) electrons. The zero-order valence-electron chi connectivity index (χ0n) is 17.5. The number of nitrogens with zero attached hydrogens (tertiary/aromatic N) is 1. The Labute approximate surface area is 182 Å². The highest BCUT2D eigenvalue weighted by molar-refractivity contribution is 6.32. The second-order valence-electron chi connectivity index (χ2n) is 9.53. The second kappa shape index (κ2) is 7.63. The van der Waals surface area contributed by atoms with E-state index >= 15 is 0 Å². The van der Waals surface area contributed by atoms with E-state index in [0.717, 1.165) is 11.8 Å². The Morgan fingerprint density at radius 1 is 1.03 bits per heavy atom. The van der Waals surface area contributed by atoms with Gasteiger partial charge in [0.25, 0.3) is 0 Å². The summed E-state index contributed by atoms with van der Waals surface area (Å²) in [6.45, 7) is 0.344. The first-order valence-corrected chi connectivity index (χ1v) is 11.4. The van der Waals surface area contributed by atoms with Gasteiger partial charge in [-0.3, -0.25) is 9.59 Å². The van der Waals surface area contributed by atoms with E-state index in [1.54, 1.807) is 24.1 Å². The van der Waals surface area contributed by atoms with E-state index in [9.17, 15) is 9.59 Å². The minimum atomic E-state index is -0.347. The number of nitrogens with one attached hydrogen (secondary N) is 1. The maximum absolute atomic E-state index is 13.1. The van der Waals surface area contributed by atoms with Gasteiger partial charge in [-0.1, -0.05) is 11.6 Å². The highest BCUT2D eigenvalue weighted by Crippen LogP contribution is 2.53. The van der Waals surface area contributed by atoms with Gasteiger partial charge in [-0.25, -0.2) is 0 Å². The highest BCUT2D eigenvalue weighted by atomic mass is 35.5. The van der Waals surface area contributed by atoms with Crippen LogP contribution in [-0.4, -0.2) is 38.6 Å². The van der Waals surface area contributed by atoms with Crippen LogP contribution < -0.4 is 19.7 Å². The number of rotatable bonds is 5. The average molecular weight is 433 g/mol. The number of methoxy groups -OCH3 is 2. The Morgan fingerprint density at radius 2 is 1.67 bits per heavy atom. The molecule has 1 aliphatic heterocycles. The van der Waals surface area contributed by atoms with Gasteiger partial charge in [0, 0.05) is 25.1 Å². The van der Waals surface area contributed by atoms with E-state index < -0.39 is 0 Å². The maximum Gasteiger partial charge on any atom is 0.227 e. The minimum Gasteiger partial charge on any atom is -0.495 e. The Morgan fingerprint density at radius 3 is 2.27 bits per heavy atom. The summed E-state index contributed by atoms with van der Waals surface area (Å²) in [6.07, 6.45) is 6.65. The van der Waals surface area contributed by atoms with Crippen molar-refractivity contribution in [2.45, 2.75) is 44.6 Å². The van der Waals surface area contributed by atoms with Crippen LogP contribution in [0.15, 0.2) is 12.1 Å². The summed E-state index contributed by atoms with van der Waals surface area (Å²) in [6, 6.07) is 3.64. The van der Waals surface area contributed by atoms with Gasteiger partial charge in [0.1, 0.15) is 11.5 Å². The van der Waals surface area contributed by atoms with E-state index in [2.05, 4.69) is 5.32 Å². The van der Waals surface area contributed by atoms with Crippen LogP contribution in [0.2, 0.25) is 5.02 Å². The molecule has 1 aromatic carbocycles. The van der Waals surface area contributed by atoms with Gasteiger partial charge in [0.15, 0.2) is 0 Å². The van der Waals surface area contributed by atoms with Gasteiger partial charge in [-0.2, -0.15) is 0 Å². The lowest BCUT2D eigenvalue weighted by atomic mass is 9.54. The van der Waals surface area contributed by atoms with Gasteiger partial charge in [0.2, 0.25) is 11.8 Å². The number of benzene rings is 1. The number of hydrogen-bond acceptors (Lipinski definition) is 4. The Bertz CT molecular complexity index is 845. The SMILES string of the molecule is COc1cc(OC)c(N2CC(C(=O)NC3C4CC5CC(C4)CC3C5)CC2=O)cc1Cl. The Kier molecular flexibility index (Phi) is 5.08. The minimum absolute atomic E-state index is 0.0156. The lowest BCUT2D eigenvalue weighted by molar-refractivity contribution is -0.129. The van der Waals surface area contributed by atoms with Crippen molar-refractivity contribution in [1.82, 2.24) is 5.32 Å². The number of carbonyl (C=O) groups is 2. The molecule has 0 spiro atoms. The number of halogens is 1. The average Bonchev–Trinajstić information content (AvgIpc) is 3.11. The topological polar surface area (TPSA) is 67.9 Å². The first-order valence-electron chi connectivity index (χ1n) is 11.0. The molecule has 1 saturated heterocycles. The van der Waals surface area contributed by atoms with Crippen LogP contribution in [0.25, 0.3) is 0 Å². The van der Waals surface area contributed by atoms with Gasteiger partial charge in [-0.05, 0) is 61.8 Å². The fourth-order valence-electron chi connectivity index (χ4n) is 6.61. The normalized spacial score (nSPS) is 34.4. The van der Waals surface area contributed by atoms with Gasteiger partial charge in [0.05, 0.1) is 30.8 Å². The van der Waals surface area contributed by atoms with Crippen LogP contribution in [0.4, 0.5) is 5.69 Å². The van der Waals surface area contributed by atoms with Crippen LogP contribution in [0.1, 0.15) is 38.5 Å². The maximum atomic E-state index is 13.1.